The van der Waals surface area contributed by atoms with Crippen molar-refractivity contribution >= 4 is 23.1 Å². The first-order valence-electron chi connectivity index (χ1n) is 4.36. The number of carbonyl (C=O) groups excluding carboxylic acids is 1. The van der Waals surface area contributed by atoms with Crippen molar-refractivity contribution in [2.45, 2.75) is 6.54 Å². The zero-order chi connectivity index (χ0) is 10.8. The number of methoxy groups -OCH3 is 1. The van der Waals surface area contributed by atoms with Gasteiger partial charge in [0.05, 0.1) is 7.11 Å². The number of carbonyl (C=O) groups is 1. The number of nitrogens with zero attached hydrogens (tertiary/aromatic N) is 3. The molecule has 0 saturated heterocycles. The molecule has 78 valence electrons. The second-order valence-electron chi connectivity index (χ2n) is 2.98. The Balaban J connectivity index is 2.49. The molecule has 0 aliphatic heterocycles. The first-order chi connectivity index (χ1) is 7.22. The van der Waals surface area contributed by atoms with E-state index in [-0.39, 0.29) is 18.5 Å². The molecule has 0 aliphatic carbocycles. The molecule has 6 heteroatoms. The summed E-state index contributed by atoms with van der Waals surface area (Å²) in [5.41, 5.74) is 6.91. The maximum atomic E-state index is 11.1. The molecule has 15 heavy (non-hydrogen) atoms. The molecule has 0 fully saturated rings. The van der Waals surface area contributed by atoms with Crippen LogP contribution in [0.3, 0.4) is 0 Å². The normalized spacial score (nSPS) is 10.5. The Morgan fingerprint density at radius 3 is 3.20 bits per heavy atom. The van der Waals surface area contributed by atoms with E-state index in [4.69, 9.17) is 5.73 Å². The third-order valence-corrected chi connectivity index (χ3v) is 2.05. The molecule has 0 spiro atoms. The molecule has 0 aromatic carbocycles. The first kappa shape index (κ1) is 9.45. The van der Waals surface area contributed by atoms with Crippen LogP contribution in [0.2, 0.25) is 0 Å². The predicted molar refractivity (Wildman–Crippen MR) is 54.0 cm³/mol. The molecule has 2 rings (SSSR count). The van der Waals surface area contributed by atoms with Gasteiger partial charge in [-0.2, -0.15) is 0 Å². The Hall–Kier alpha value is -2.11. The van der Waals surface area contributed by atoms with E-state index >= 15 is 0 Å². The molecule has 6 nitrogen and oxygen atoms in total. The topological polar surface area (TPSA) is 83.0 Å². The van der Waals surface area contributed by atoms with Gasteiger partial charge in [0, 0.05) is 6.20 Å². The van der Waals surface area contributed by atoms with Crippen LogP contribution in [0.4, 0.5) is 5.95 Å². The highest BCUT2D eigenvalue weighted by molar-refractivity contribution is 5.77. The highest BCUT2D eigenvalue weighted by Gasteiger charge is 2.11. The van der Waals surface area contributed by atoms with Crippen molar-refractivity contribution in [1.29, 1.82) is 0 Å². The van der Waals surface area contributed by atoms with Gasteiger partial charge in [-0.1, -0.05) is 0 Å². The molecule has 2 aromatic heterocycles. The summed E-state index contributed by atoms with van der Waals surface area (Å²) in [4.78, 5) is 19.3. The van der Waals surface area contributed by atoms with Gasteiger partial charge in [0.15, 0.2) is 5.65 Å². The van der Waals surface area contributed by atoms with Gasteiger partial charge in [-0.3, -0.25) is 9.36 Å². The van der Waals surface area contributed by atoms with E-state index < -0.39 is 0 Å². The SMILES string of the molecule is COC(=O)Cn1c(N)nc2cccnc21. The number of anilines is 1. The summed E-state index contributed by atoms with van der Waals surface area (Å²) in [5.74, 6) is -0.124. The fourth-order valence-electron chi connectivity index (χ4n) is 1.33. The molecule has 0 atom stereocenters. The number of esters is 1. The van der Waals surface area contributed by atoms with E-state index in [1.165, 1.54) is 11.7 Å². The van der Waals surface area contributed by atoms with Crippen LogP contribution in [0.15, 0.2) is 18.3 Å². The van der Waals surface area contributed by atoms with Crippen LogP contribution in [0.1, 0.15) is 0 Å². The zero-order valence-electron chi connectivity index (χ0n) is 8.17. The van der Waals surface area contributed by atoms with E-state index in [0.29, 0.717) is 11.2 Å². The van der Waals surface area contributed by atoms with Crippen LogP contribution in [0, 0.1) is 0 Å². The van der Waals surface area contributed by atoms with E-state index in [0.717, 1.165) is 0 Å². The van der Waals surface area contributed by atoms with Crippen molar-refractivity contribution in [2.24, 2.45) is 0 Å². The Labute approximate surface area is 85.7 Å². The van der Waals surface area contributed by atoms with Crippen LogP contribution >= 0.6 is 0 Å². The minimum Gasteiger partial charge on any atom is -0.468 e. The maximum absolute atomic E-state index is 11.1. The molecule has 0 unspecified atom stereocenters. The largest absolute Gasteiger partial charge is 0.468 e. The highest BCUT2D eigenvalue weighted by Crippen LogP contribution is 2.14. The number of nitrogens with two attached hydrogens (primary N) is 1. The van der Waals surface area contributed by atoms with Crippen molar-refractivity contribution in [1.82, 2.24) is 14.5 Å². The number of aromatic nitrogens is 3. The summed E-state index contributed by atoms with van der Waals surface area (Å²) in [6.07, 6.45) is 1.62. The van der Waals surface area contributed by atoms with Gasteiger partial charge in [-0.15, -0.1) is 0 Å². The van der Waals surface area contributed by atoms with Gasteiger partial charge in [0.1, 0.15) is 12.1 Å². The minimum absolute atomic E-state index is 0.0237. The molecule has 2 heterocycles. The smallest absolute Gasteiger partial charge is 0.325 e. The highest BCUT2D eigenvalue weighted by atomic mass is 16.5. The quantitative estimate of drug-likeness (QED) is 0.709. The lowest BCUT2D eigenvalue weighted by atomic mass is 10.4. The molecular formula is C9H10N4O2. The monoisotopic (exact) mass is 206 g/mol. The average molecular weight is 206 g/mol. The summed E-state index contributed by atoms with van der Waals surface area (Å²) < 4.78 is 6.07. The van der Waals surface area contributed by atoms with Crippen LogP contribution in [-0.4, -0.2) is 27.6 Å². The number of pyridine rings is 1. The summed E-state index contributed by atoms with van der Waals surface area (Å²) in [5, 5.41) is 0. The predicted octanol–water partition coefficient (Wildman–Crippen LogP) is 0.186. The summed E-state index contributed by atoms with van der Waals surface area (Å²) >= 11 is 0. The lowest BCUT2D eigenvalue weighted by molar-refractivity contribution is -0.141. The number of hydrogen-bond acceptors (Lipinski definition) is 5. The Morgan fingerprint density at radius 2 is 2.47 bits per heavy atom. The first-order valence-corrected chi connectivity index (χ1v) is 4.36. The zero-order valence-corrected chi connectivity index (χ0v) is 8.17. The fourth-order valence-corrected chi connectivity index (χ4v) is 1.33. The number of rotatable bonds is 2. The molecular weight excluding hydrogens is 196 g/mol. The fraction of sp³-hybridized carbons (Fsp3) is 0.222. The number of nitrogen functional groups attached to an aromatic ring is 1. The molecule has 0 amide bonds. The third-order valence-electron chi connectivity index (χ3n) is 2.05. The number of fused-ring (bicyclic) bond motifs is 1. The number of hydrogen-bond donors (Lipinski definition) is 1. The number of ether oxygens (including phenoxy) is 1. The van der Waals surface area contributed by atoms with E-state index in [9.17, 15) is 4.79 Å². The molecule has 2 N–H and O–H groups in total. The molecule has 0 bridgehead atoms. The lowest BCUT2D eigenvalue weighted by Gasteiger charge is -2.02. The minimum atomic E-state index is -0.383. The summed E-state index contributed by atoms with van der Waals surface area (Å²) in [6.45, 7) is 0.0237. The second kappa shape index (κ2) is 3.56. The van der Waals surface area contributed by atoms with Crippen molar-refractivity contribution in [3.63, 3.8) is 0 Å². The third kappa shape index (κ3) is 1.61. The molecule has 0 aliphatic rings. The Kier molecular flexibility index (Phi) is 2.24. The van der Waals surface area contributed by atoms with E-state index in [1.54, 1.807) is 18.3 Å². The van der Waals surface area contributed by atoms with Crippen LogP contribution in [-0.2, 0) is 16.1 Å². The molecule has 2 aromatic rings. The van der Waals surface area contributed by atoms with Crippen molar-refractivity contribution in [2.75, 3.05) is 12.8 Å². The Bertz CT molecular complexity index is 506. The van der Waals surface area contributed by atoms with Crippen molar-refractivity contribution < 1.29 is 9.53 Å². The maximum Gasteiger partial charge on any atom is 0.325 e. The summed E-state index contributed by atoms with van der Waals surface area (Å²) in [6, 6.07) is 3.55. The average Bonchev–Trinajstić information content (AvgIpc) is 2.55. The van der Waals surface area contributed by atoms with E-state index in [2.05, 4.69) is 14.7 Å². The lowest BCUT2D eigenvalue weighted by Crippen LogP contribution is -2.13. The Morgan fingerprint density at radius 1 is 1.67 bits per heavy atom. The van der Waals surface area contributed by atoms with Crippen LogP contribution in [0.25, 0.3) is 11.2 Å². The second-order valence-corrected chi connectivity index (χ2v) is 2.98. The van der Waals surface area contributed by atoms with Gasteiger partial charge >= 0.3 is 5.97 Å². The molecule has 0 saturated carbocycles. The van der Waals surface area contributed by atoms with Gasteiger partial charge in [0.2, 0.25) is 5.95 Å². The van der Waals surface area contributed by atoms with Crippen LogP contribution in [0.5, 0.6) is 0 Å². The van der Waals surface area contributed by atoms with Crippen molar-refractivity contribution in [3.05, 3.63) is 18.3 Å². The van der Waals surface area contributed by atoms with Crippen LogP contribution < -0.4 is 5.73 Å². The van der Waals surface area contributed by atoms with Gasteiger partial charge in [-0.25, -0.2) is 9.97 Å². The molecule has 0 radical (unpaired) electrons. The standard InChI is InChI=1S/C9H10N4O2/c1-15-7(14)5-13-8-6(12-9(13)10)3-2-4-11-8/h2-4H,5H2,1H3,(H2,10,12). The summed E-state index contributed by atoms with van der Waals surface area (Å²) in [7, 11) is 1.32. The van der Waals surface area contributed by atoms with Gasteiger partial charge in [-0.05, 0) is 12.1 Å². The van der Waals surface area contributed by atoms with Gasteiger partial charge in [0.25, 0.3) is 0 Å². The van der Waals surface area contributed by atoms with E-state index in [1.807, 2.05) is 0 Å². The number of imidazole rings is 1. The van der Waals surface area contributed by atoms with Gasteiger partial charge < -0.3 is 10.5 Å². The van der Waals surface area contributed by atoms with Crippen molar-refractivity contribution in [3.8, 4) is 0 Å².